The zero-order valence-corrected chi connectivity index (χ0v) is 18.4. The molecule has 1 rings (SSSR count). The Kier molecular flexibility index (Phi) is 13.8. The highest BCUT2D eigenvalue weighted by Crippen LogP contribution is 2.22. The van der Waals surface area contributed by atoms with Gasteiger partial charge in [-0.05, 0) is 0 Å². The van der Waals surface area contributed by atoms with Gasteiger partial charge < -0.3 is 5.73 Å². The summed E-state index contributed by atoms with van der Waals surface area (Å²) in [6.45, 7) is 12.8. The van der Waals surface area contributed by atoms with Gasteiger partial charge in [0, 0.05) is 29.9 Å². The summed E-state index contributed by atoms with van der Waals surface area (Å²) in [5.74, 6) is 5.45. The van der Waals surface area contributed by atoms with Crippen molar-refractivity contribution in [3.05, 3.63) is 11.8 Å². The van der Waals surface area contributed by atoms with Crippen molar-refractivity contribution in [3.8, 4) is 18.2 Å². The molecule has 0 amide bonds. The third-order valence-corrected chi connectivity index (χ3v) is 3.47. The van der Waals surface area contributed by atoms with E-state index >= 15 is 0 Å². The lowest BCUT2D eigenvalue weighted by atomic mass is 9.89. The van der Waals surface area contributed by atoms with Crippen LogP contribution in [-0.2, 0) is 16.8 Å². The van der Waals surface area contributed by atoms with Crippen LogP contribution < -0.4 is 17.0 Å². The lowest BCUT2D eigenvalue weighted by Gasteiger charge is -2.13. The SMILES string of the molecule is CC(C)(C)C(=O)CC#N.CC(C)(C)c1cc(N)n(CCC#N)n1.N#CCCNN. The van der Waals surface area contributed by atoms with Crippen LogP contribution in [0.25, 0.3) is 0 Å². The first-order valence-corrected chi connectivity index (χ1v) is 9.26. The van der Waals surface area contributed by atoms with Crippen molar-refractivity contribution in [2.75, 3.05) is 12.3 Å². The van der Waals surface area contributed by atoms with E-state index in [9.17, 15) is 4.79 Å². The van der Waals surface area contributed by atoms with Crippen molar-refractivity contribution in [2.24, 2.45) is 11.3 Å². The summed E-state index contributed by atoms with van der Waals surface area (Å²) in [7, 11) is 0. The van der Waals surface area contributed by atoms with Crippen LogP contribution >= 0.6 is 0 Å². The van der Waals surface area contributed by atoms with Crippen LogP contribution in [-0.4, -0.2) is 22.1 Å². The van der Waals surface area contributed by atoms with Gasteiger partial charge in [-0.2, -0.15) is 20.9 Å². The number of Topliss-reactive ketones (excluding diaryl/α,β-unsaturated/α-hetero) is 1. The molecule has 0 saturated carbocycles. The Morgan fingerprint density at radius 3 is 1.93 bits per heavy atom. The van der Waals surface area contributed by atoms with Crippen LogP contribution in [0.1, 0.15) is 66.5 Å². The van der Waals surface area contributed by atoms with Crippen LogP contribution in [0, 0.1) is 39.4 Å². The van der Waals surface area contributed by atoms with Gasteiger partial charge in [0.25, 0.3) is 0 Å². The van der Waals surface area contributed by atoms with Crippen molar-refractivity contribution >= 4 is 11.6 Å². The normalized spacial score (nSPS) is 10.2. The Morgan fingerprint density at radius 1 is 1.10 bits per heavy atom. The highest BCUT2D eigenvalue weighted by atomic mass is 16.1. The molecule has 0 spiro atoms. The number of hydrazine groups is 1. The quantitative estimate of drug-likeness (QED) is 0.383. The van der Waals surface area contributed by atoms with E-state index in [0.29, 0.717) is 31.7 Å². The highest BCUT2D eigenvalue weighted by molar-refractivity contribution is 5.85. The third kappa shape index (κ3) is 13.8. The molecule has 9 nitrogen and oxygen atoms in total. The summed E-state index contributed by atoms with van der Waals surface area (Å²) >= 11 is 0. The molecule has 1 heterocycles. The lowest BCUT2D eigenvalue weighted by molar-refractivity contribution is -0.125. The predicted octanol–water partition coefficient (Wildman–Crippen LogP) is 2.56. The second-order valence-electron chi connectivity index (χ2n) is 8.21. The lowest BCUT2D eigenvalue weighted by Crippen LogP contribution is -2.22. The van der Waals surface area contributed by atoms with Crippen LogP contribution in [0.3, 0.4) is 0 Å². The number of hydrogen-bond donors (Lipinski definition) is 3. The van der Waals surface area contributed by atoms with Gasteiger partial charge in [0.05, 0.1) is 43.3 Å². The van der Waals surface area contributed by atoms with Gasteiger partial charge in [0.2, 0.25) is 0 Å². The standard InChI is InChI=1S/C10H16N4.C7H11NO.C3H7N3/c1-10(2,3)8-7-9(12)14(13-8)6-4-5-11;1-7(2,3)6(9)4-5-8;4-2-1-3-6-5/h7H,4,6,12H2,1-3H3;4H2,1-3H3;6H,1,3,5H2. The number of nitrogen functional groups attached to an aromatic ring is 1. The number of aromatic nitrogens is 2. The molecule has 29 heavy (non-hydrogen) atoms. The zero-order chi connectivity index (χ0) is 23.1. The first-order valence-electron chi connectivity index (χ1n) is 9.26. The minimum atomic E-state index is -0.351. The van der Waals surface area contributed by atoms with Gasteiger partial charge in [-0.25, -0.2) is 4.68 Å². The third-order valence-electron chi connectivity index (χ3n) is 3.47. The fourth-order valence-corrected chi connectivity index (χ4v) is 1.60. The number of aryl methyl sites for hydroxylation is 1. The molecule has 0 aliphatic heterocycles. The van der Waals surface area contributed by atoms with Crippen LogP contribution in [0.5, 0.6) is 0 Å². The minimum Gasteiger partial charge on any atom is -0.384 e. The van der Waals surface area contributed by atoms with Gasteiger partial charge >= 0.3 is 0 Å². The number of nitrogens with one attached hydrogen (secondary N) is 1. The maximum Gasteiger partial charge on any atom is 0.152 e. The number of carbonyl (C=O) groups is 1. The summed E-state index contributed by atoms with van der Waals surface area (Å²) in [6, 6.07) is 7.70. The minimum absolute atomic E-state index is 0.00463. The molecule has 0 aliphatic carbocycles. The van der Waals surface area contributed by atoms with E-state index in [-0.39, 0.29) is 23.0 Å². The molecule has 0 bridgehead atoms. The zero-order valence-electron chi connectivity index (χ0n) is 18.4. The molecule has 160 valence electrons. The number of carbonyl (C=O) groups excluding carboxylic acids is 1. The summed E-state index contributed by atoms with van der Waals surface area (Å²) in [4.78, 5) is 10.8. The average molecular weight is 403 g/mol. The van der Waals surface area contributed by atoms with E-state index < -0.39 is 0 Å². The second-order valence-corrected chi connectivity index (χ2v) is 8.21. The fourth-order valence-electron chi connectivity index (χ4n) is 1.60. The second kappa shape index (κ2) is 14.1. The number of ketones is 1. The Balaban J connectivity index is 0. The molecule has 0 aliphatic rings. The molecule has 0 atom stereocenters. The van der Waals surface area contributed by atoms with Crippen molar-refractivity contribution in [1.29, 1.82) is 15.8 Å². The van der Waals surface area contributed by atoms with E-state index in [0.717, 1.165) is 5.69 Å². The van der Waals surface area contributed by atoms with Crippen molar-refractivity contribution < 1.29 is 4.79 Å². The van der Waals surface area contributed by atoms with Crippen LogP contribution in [0.4, 0.5) is 5.82 Å². The Bertz CT molecular complexity index is 733. The number of rotatable bonds is 5. The average Bonchev–Trinajstić information content (AvgIpc) is 3.00. The molecular formula is C20H34N8O. The van der Waals surface area contributed by atoms with Gasteiger partial charge in [-0.15, -0.1) is 0 Å². The van der Waals surface area contributed by atoms with E-state index in [1.807, 2.05) is 39.0 Å². The van der Waals surface area contributed by atoms with Crippen LogP contribution in [0.2, 0.25) is 0 Å². The maximum atomic E-state index is 10.8. The van der Waals surface area contributed by atoms with Crippen molar-refractivity contribution in [3.63, 3.8) is 0 Å². The molecule has 0 saturated heterocycles. The topological polar surface area (TPSA) is 170 Å². The van der Waals surface area contributed by atoms with Crippen molar-refractivity contribution in [1.82, 2.24) is 15.2 Å². The maximum absolute atomic E-state index is 10.8. The van der Waals surface area contributed by atoms with E-state index in [1.165, 1.54) is 0 Å². The number of nitrogens with zero attached hydrogens (tertiary/aromatic N) is 5. The van der Waals surface area contributed by atoms with Crippen molar-refractivity contribution in [2.45, 2.75) is 72.8 Å². The van der Waals surface area contributed by atoms with E-state index in [1.54, 1.807) is 4.68 Å². The Morgan fingerprint density at radius 2 is 1.66 bits per heavy atom. The van der Waals surface area contributed by atoms with Gasteiger partial charge in [0.15, 0.2) is 5.78 Å². The number of nitrogens with two attached hydrogens (primary N) is 2. The van der Waals surface area contributed by atoms with Crippen LogP contribution in [0.15, 0.2) is 6.07 Å². The van der Waals surface area contributed by atoms with E-state index in [4.69, 9.17) is 27.4 Å². The van der Waals surface area contributed by atoms with Gasteiger partial charge in [0.1, 0.15) is 5.82 Å². The molecule has 0 unspecified atom stereocenters. The Hall–Kier alpha value is -2.93. The molecular weight excluding hydrogens is 368 g/mol. The number of anilines is 1. The number of hydrogen-bond acceptors (Lipinski definition) is 8. The molecule has 0 radical (unpaired) electrons. The first kappa shape index (κ1) is 28.3. The summed E-state index contributed by atoms with van der Waals surface area (Å²) in [5, 5.41) is 28.8. The highest BCUT2D eigenvalue weighted by Gasteiger charge is 2.20. The molecule has 0 fully saturated rings. The van der Waals surface area contributed by atoms with Gasteiger partial charge in [-0.1, -0.05) is 41.5 Å². The fraction of sp³-hybridized carbons (Fsp3) is 0.650. The molecule has 0 aromatic carbocycles. The molecule has 5 N–H and O–H groups in total. The monoisotopic (exact) mass is 402 g/mol. The smallest absolute Gasteiger partial charge is 0.152 e. The predicted molar refractivity (Wildman–Crippen MR) is 113 cm³/mol. The van der Waals surface area contributed by atoms with E-state index in [2.05, 4.69) is 37.4 Å². The first-order chi connectivity index (χ1) is 13.3. The summed E-state index contributed by atoms with van der Waals surface area (Å²) < 4.78 is 1.68. The summed E-state index contributed by atoms with van der Waals surface area (Å²) in [5.41, 5.74) is 8.74. The molecule has 9 heteroatoms. The van der Waals surface area contributed by atoms with Gasteiger partial charge in [-0.3, -0.25) is 16.1 Å². The summed E-state index contributed by atoms with van der Waals surface area (Å²) in [6.07, 6.45) is 0.954. The molecule has 1 aromatic heterocycles. The Labute approximate surface area is 174 Å². The number of nitriles is 3. The largest absolute Gasteiger partial charge is 0.384 e. The molecule has 1 aromatic rings.